The Balaban J connectivity index is 2.31. The van der Waals surface area contributed by atoms with Crippen LogP contribution in [0.5, 0.6) is 0 Å². The average Bonchev–Trinajstić information content (AvgIpc) is 2.68. The highest BCUT2D eigenvalue weighted by Crippen LogP contribution is 2.22. The van der Waals surface area contributed by atoms with Crippen LogP contribution in [-0.4, -0.2) is 18.5 Å². The van der Waals surface area contributed by atoms with Crippen LogP contribution in [0.2, 0.25) is 0 Å². The predicted molar refractivity (Wildman–Crippen MR) is 104 cm³/mol. The molecule has 5 nitrogen and oxygen atoms in total. The lowest BCUT2D eigenvalue weighted by Crippen LogP contribution is -2.43. The number of hydrogen-bond donors (Lipinski definition) is 1. The minimum absolute atomic E-state index is 0.256. The number of carbonyl (C=O) groups is 2. The van der Waals surface area contributed by atoms with Crippen LogP contribution in [0, 0.1) is 5.92 Å². The fourth-order valence-corrected chi connectivity index (χ4v) is 2.61. The number of amides is 1. The van der Waals surface area contributed by atoms with Crippen LogP contribution in [0.3, 0.4) is 0 Å². The maximum absolute atomic E-state index is 13.2. The first kappa shape index (κ1) is 19.5. The summed E-state index contributed by atoms with van der Waals surface area (Å²) in [5.41, 5.74) is 4.56. The minimum atomic E-state index is -0.827. The zero-order chi connectivity index (χ0) is 18.8. The summed E-state index contributed by atoms with van der Waals surface area (Å²) in [6.45, 7) is 4.03. The Morgan fingerprint density at radius 2 is 1.62 bits per heavy atom. The van der Waals surface area contributed by atoms with Gasteiger partial charge in [0.2, 0.25) is 0 Å². The third-order valence-electron chi connectivity index (χ3n) is 3.97. The topological polar surface area (TPSA) is 58.6 Å². The molecule has 5 heteroatoms. The maximum atomic E-state index is 13.2. The lowest BCUT2D eigenvalue weighted by molar-refractivity contribution is -0.151. The molecule has 138 valence electrons. The van der Waals surface area contributed by atoms with Crippen molar-refractivity contribution in [3.8, 4) is 0 Å². The summed E-state index contributed by atoms with van der Waals surface area (Å²) in [6.07, 6.45) is 2.15. The van der Waals surface area contributed by atoms with Gasteiger partial charge in [0, 0.05) is 0 Å². The standard InChI is InChI=1S/C21H26N2O3/c1-3-5-16-19(21(25)26-4-2)20(24)23(18-14-10-7-11-15-18)22-17-12-8-6-9-13-17/h6-15,19,22H,3-5,16H2,1-2H3. The highest BCUT2D eigenvalue weighted by Gasteiger charge is 2.32. The number of ether oxygens (including phenoxy) is 1. The molecule has 1 unspecified atom stereocenters. The first-order chi connectivity index (χ1) is 12.7. The van der Waals surface area contributed by atoms with Gasteiger partial charge in [0.05, 0.1) is 18.0 Å². The number of rotatable bonds is 9. The summed E-state index contributed by atoms with van der Waals surface area (Å²) in [5.74, 6) is -1.61. The Morgan fingerprint density at radius 3 is 2.19 bits per heavy atom. The molecule has 0 aromatic heterocycles. The van der Waals surface area contributed by atoms with E-state index in [0.717, 1.165) is 18.5 Å². The van der Waals surface area contributed by atoms with Gasteiger partial charge in [0.25, 0.3) is 5.91 Å². The molecule has 1 atom stereocenters. The SMILES string of the molecule is CCCCC(C(=O)OCC)C(=O)N(Nc1ccccc1)c1ccccc1. The van der Waals surface area contributed by atoms with Crippen molar-refractivity contribution < 1.29 is 14.3 Å². The molecule has 2 rings (SSSR count). The molecule has 0 saturated carbocycles. The van der Waals surface area contributed by atoms with E-state index in [0.29, 0.717) is 12.1 Å². The van der Waals surface area contributed by atoms with E-state index in [-0.39, 0.29) is 12.5 Å². The number of benzene rings is 2. The number of esters is 1. The zero-order valence-corrected chi connectivity index (χ0v) is 15.4. The largest absolute Gasteiger partial charge is 0.465 e. The maximum Gasteiger partial charge on any atom is 0.318 e. The van der Waals surface area contributed by atoms with Crippen LogP contribution >= 0.6 is 0 Å². The van der Waals surface area contributed by atoms with E-state index in [1.807, 2.05) is 67.6 Å². The number of anilines is 2. The molecule has 0 heterocycles. The van der Waals surface area contributed by atoms with Crippen molar-refractivity contribution in [1.29, 1.82) is 0 Å². The molecule has 0 fully saturated rings. The number of carbonyl (C=O) groups excluding carboxylic acids is 2. The van der Waals surface area contributed by atoms with Gasteiger partial charge in [-0.1, -0.05) is 56.2 Å². The van der Waals surface area contributed by atoms with E-state index in [1.54, 1.807) is 6.92 Å². The molecule has 1 amide bonds. The van der Waals surface area contributed by atoms with E-state index in [1.165, 1.54) is 5.01 Å². The van der Waals surface area contributed by atoms with E-state index >= 15 is 0 Å². The smallest absolute Gasteiger partial charge is 0.318 e. The molecule has 0 aliphatic carbocycles. The summed E-state index contributed by atoms with van der Waals surface area (Å²) in [6, 6.07) is 18.7. The molecule has 0 aliphatic heterocycles. The molecule has 0 bridgehead atoms. The number of hydrogen-bond acceptors (Lipinski definition) is 4. The number of nitrogens with one attached hydrogen (secondary N) is 1. The lowest BCUT2D eigenvalue weighted by Gasteiger charge is -2.28. The number of unbranched alkanes of at least 4 members (excludes halogenated alkanes) is 1. The second-order valence-electron chi connectivity index (χ2n) is 5.93. The number of nitrogens with zero attached hydrogens (tertiary/aromatic N) is 1. The van der Waals surface area contributed by atoms with Crippen molar-refractivity contribution in [2.75, 3.05) is 17.0 Å². The van der Waals surface area contributed by atoms with Gasteiger partial charge in [-0.25, -0.2) is 5.01 Å². The normalized spacial score (nSPS) is 11.5. The molecule has 1 N–H and O–H groups in total. The van der Waals surface area contributed by atoms with Gasteiger partial charge in [0.1, 0.15) is 5.92 Å². The van der Waals surface area contributed by atoms with Gasteiger partial charge < -0.3 is 4.74 Å². The fourth-order valence-electron chi connectivity index (χ4n) is 2.61. The van der Waals surface area contributed by atoms with Crippen molar-refractivity contribution in [2.24, 2.45) is 5.92 Å². The van der Waals surface area contributed by atoms with Gasteiger partial charge in [-0.05, 0) is 37.6 Å². The van der Waals surface area contributed by atoms with Gasteiger partial charge >= 0.3 is 5.97 Å². The third kappa shape index (κ3) is 5.34. The quantitative estimate of drug-likeness (QED) is 0.411. The summed E-state index contributed by atoms with van der Waals surface area (Å²) < 4.78 is 5.14. The Morgan fingerprint density at radius 1 is 1.00 bits per heavy atom. The Labute approximate surface area is 154 Å². The Bertz CT molecular complexity index is 689. The van der Waals surface area contributed by atoms with Crippen molar-refractivity contribution in [3.63, 3.8) is 0 Å². The summed E-state index contributed by atoms with van der Waals surface area (Å²) in [7, 11) is 0. The van der Waals surface area contributed by atoms with E-state index in [4.69, 9.17) is 4.74 Å². The van der Waals surface area contributed by atoms with Gasteiger partial charge in [-0.15, -0.1) is 0 Å². The van der Waals surface area contributed by atoms with Crippen LogP contribution in [-0.2, 0) is 14.3 Å². The highest BCUT2D eigenvalue weighted by atomic mass is 16.5. The third-order valence-corrected chi connectivity index (χ3v) is 3.97. The lowest BCUT2D eigenvalue weighted by atomic mass is 10.0. The van der Waals surface area contributed by atoms with Gasteiger partial charge in [-0.2, -0.15) is 0 Å². The summed E-state index contributed by atoms with van der Waals surface area (Å²) >= 11 is 0. The van der Waals surface area contributed by atoms with Gasteiger partial charge in [-0.3, -0.25) is 15.0 Å². The van der Waals surface area contributed by atoms with E-state index in [9.17, 15) is 9.59 Å². The zero-order valence-electron chi connectivity index (χ0n) is 15.4. The van der Waals surface area contributed by atoms with Crippen LogP contribution in [0.4, 0.5) is 11.4 Å². The average molecular weight is 354 g/mol. The van der Waals surface area contributed by atoms with Crippen molar-refractivity contribution in [3.05, 3.63) is 60.7 Å². The first-order valence-corrected chi connectivity index (χ1v) is 9.04. The molecule has 2 aromatic carbocycles. The number of para-hydroxylation sites is 2. The monoisotopic (exact) mass is 354 g/mol. The summed E-state index contributed by atoms with van der Waals surface area (Å²) in [4.78, 5) is 25.6. The van der Waals surface area contributed by atoms with Crippen LogP contribution in [0.15, 0.2) is 60.7 Å². The predicted octanol–water partition coefficient (Wildman–Crippen LogP) is 4.42. The molecule has 0 radical (unpaired) electrons. The fraction of sp³-hybridized carbons (Fsp3) is 0.333. The molecule has 26 heavy (non-hydrogen) atoms. The molecular formula is C21H26N2O3. The minimum Gasteiger partial charge on any atom is -0.465 e. The molecule has 0 saturated heterocycles. The Kier molecular flexibility index (Phi) is 7.68. The highest BCUT2D eigenvalue weighted by molar-refractivity contribution is 6.07. The van der Waals surface area contributed by atoms with Crippen LogP contribution in [0.25, 0.3) is 0 Å². The van der Waals surface area contributed by atoms with Crippen molar-refractivity contribution >= 4 is 23.3 Å². The molecule has 2 aromatic rings. The second-order valence-corrected chi connectivity index (χ2v) is 5.93. The second kappa shape index (κ2) is 10.2. The summed E-state index contributed by atoms with van der Waals surface area (Å²) in [5, 5.41) is 1.44. The Hall–Kier alpha value is -2.82. The van der Waals surface area contributed by atoms with Crippen LogP contribution in [0.1, 0.15) is 33.1 Å². The van der Waals surface area contributed by atoms with E-state index in [2.05, 4.69) is 5.43 Å². The van der Waals surface area contributed by atoms with Crippen LogP contribution < -0.4 is 10.4 Å². The van der Waals surface area contributed by atoms with Crippen molar-refractivity contribution in [2.45, 2.75) is 33.1 Å². The van der Waals surface area contributed by atoms with Gasteiger partial charge in [0.15, 0.2) is 0 Å². The molecular weight excluding hydrogens is 328 g/mol. The first-order valence-electron chi connectivity index (χ1n) is 9.04. The molecule has 0 spiro atoms. The number of hydrazine groups is 1. The van der Waals surface area contributed by atoms with Crippen molar-refractivity contribution in [1.82, 2.24) is 0 Å². The molecule has 0 aliphatic rings. The van der Waals surface area contributed by atoms with E-state index < -0.39 is 11.9 Å².